The molecule has 3 saturated carbocycles. The van der Waals surface area contributed by atoms with Gasteiger partial charge in [0, 0.05) is 11.5 Å². The van der Waals surface area contributed by atoms with Gasteiger partial charge in [0.1, 0.15) is 0 Å². The Labute approximate surface area is 129 Å². The Kier molecular flexibility index (Phi) is 3.03. The number of aliphatic hydroxyl groups excluding tert-OH is 1. The maximum absolute atomic E-state index is 10.7. The Balaban J connectivity index is 1.70. The van der Waals surface area contributed by atoms with Crippen LogP contribution in [0.15, 0.2) is 11.8 Å². The van der Waals surface area contributed by atoms with Crippen molar-refractivity contribution in [3.8, 4) is 0 Å². The van der Waals surface area contributed by atoms with Crippen molar-refractivity contribution >= 4 is 0 Å². The Morgan fingerprint density at radius 2 is 1.86 bits per heavy atom. The highest BCUT2D eigenvalue weighted by atomic mass is 16.3. The van der Waals surface area contributed by atoms with E-state index in [1.54, 1.807) is 0 Å². The molecule has 0 aliphatic heterocycles. The van der Waals surface area contributed by atoms with E-state index in [1.807, 2.05) is 0 Å². The van der Waals surface area contributed by atoms with Crippen LogP contribution in [0, 0.1) is 34.5 Å². The number of aliphatic hydroxyl groups is 1. The van der Waals surface area contributed by atoms with E-state index < -0.39 is 0 Å². The predicted octanol–water partition coefficient (Wildman–Crippen LogP) is 4.41. The Morgan fingerprint density at radius 3 is 2.67 bits per heavy atom. The highest BCUT2D eigenvalue weighted by Gasteiger charge is 2.60. The fourth-order valence-electron chi connectivity index (χ4n) is 6.96. The molecule has 4 aliphatic rings. The van der Waals surface area contributed by atoms with Gasteiger partial charge in [-0.3, -0.25) is 0 Å². The SMILES string of the molecule is C[C@]12CC[C@H]3[C@@H](CCC4CCC=C(O)[C@@]43C)[C@@H]1CC[C@@H]2N. The Hall–Kier alpha value is -0.500. The number of rotatable bonds is 0. The van der Waals surface area contributed by atoms with Gasteiger partial charge in [-0.25, -0.2) is 0 Å². The van der Waals surface area contributed by atoms with E-state index in [0.717, 1.165) is 24.0 Å². The molecular formula is C19H31NO. The number of hydrogen-bond donors (Lipinski definition) is 2. The summed E-state index contributed by atoms with van der Waals surface area (Å²) in [6.45, 7) is 4.83. The van der Waals surface area contributed by atoms with Gasteiger partial charge in [0.05, 0.1) is 5.76 Å². The minimum atomic E-state index is 0.0647. The lowest BCUT2D eigenvalue weighted by Gasteiger charge is -2.59. The molecule has 0 aromatic heterocycles. The van der Waals surface area contributed by atoms with Crippen molar-refractivity contribution in [2.75, 3.05) is 0 Å². The van der Waals surface area contributed by atoms with Crippen LogP contribution < -0.4 is 5.73 Å². The molecule has 0 amide bonds. The van der Waals surface area contributed by atoms with E-state index in [-0.39, 0.29) is 5.41 Å². The maximum Gasteiger partial charge on any atom is 0.0947 e. The Bertz CT molecular complexity index is 472. The van der Waals surface area contributed by atoms with Crippen LogP contribution in [0.5, 0.6) is 0 Å². The van der Waals surface area contributed by atoms with E-state index in [0.29, 0.717) is 23.3 Å². The summed E-state index contributed by atoms with van der Waals surface area (Å²) in [7, 11) is 0. The molecule has 3 fully saturated rings. The van der Waals surface area contributed by atoms with Crippen LogP contribution in [0.1, 0.15) is 65.2 Å². The molecule has 3 N–H and O–H groups in total. The van der Waals surface area contributed by atoms with E-state index >= 15 is 0 Å². The lowest BCUT2D eigenvalue weighted by atomic mass is 9.46. The van der Waals surface area contributed by atoms with Gasteiger partial charge >= 0.3 is 0 Å². The Morgan fingerprint density at radius 1 is 1.05 bits per heavy atom. The van der Waals surface area contributed by atoms with Crippen molar-refractivity contribution in [2.45, 2.75) is 71.3 Å². The third-order valence-electron chi connectivity index (χ3n) is 8.38. The highest BCUT2D eigenvalue weighted by molar-refractivity contribution is 5.19. The molecule has 118 valence electrons. The summed E-state index contributed by atoms with van der Waals surface area (Å²) in [6, 6.07) is 0.407. The van der Waals surface area contributed by atoms with Gasteiger partial charge < -0.3 is 10.8 Å². The fourth-order valence-corrected chi connectivity index (χ4v) is 6.96. The standard InChI is InChI=1S/C19H31NO/c1-18-11-10-15-13(14(18)8-9-16(18)20)7-6-12-4-3-5-17(21)19(12,15)2/h5,12-16,21H,3-4,6-11,20H2,1-2H3/t12?,13-,14-,15-,16-,18-,19-/m0/s1. The number of hydrogen-bond acceptors (Lipinski definition) is 2. The smallest absolute Gasteiger partial charge is 0.0947 e. The molecule has 0 aromatic rings. The summed E-state index contributed by atoms with van der Waals surface area (Å²) < 4.78 is 0. The molecular weight excluding hydrogens is 258 g/mol. The molecule has 4 aliphatic carbocycles. The first-order valence-corrected chi connectivity index (χ1v) is 9.13. The summed E-state index contributed by atoms with van der Waals surface area (Å²) in [6.07, 6.45) is 12.3. The second-order valence-electron chi connectivity index (χ2n) is 8.83. The maximum atomic E-state index is 10.7. The lowest BCUT2D eigenvalue weighted by molar-refractivity contribution is -0.0920. The molecule has 0 bridgehead atoms. The zero-order valence-electron chi connectivity index (χ0n) is 13.6. The molecule has 2 nitrogen and oxygen atoms in total. The van der Waals surface area contributed by atoms with Gasteiger partial charge in [-0.1, -0.05) is 13.8 Å². The van der Waals surface area contributed by atoms with Crippen LogP contribution in [0.4, 0.5) is 0 Å². The molecule has 0 saturated heterocycles. The second-order valence-corrected chi connectivity index (χ2v) is 8.83. The monoisotopic (exact) mass is 289 g/mol. The van der Waals surface area contributed by atoms with Crippen molar-refractivity contribution in [1.29, 1.82) is 0 Å². The van der Waals surface area contributed by atoms with E-state index in [1.165, 1.54) is 44.9 Å². The first-order chi connectivity index (χ1) is 9.98. The topological polar surface area (TPSA) is 46.2 Å². The van der Waals surface area contributed by atoms with Crippen molar-refractivity contribution in [2.24, 2.45) is 40.2 Å². The molecule has 7 atom stereocenters. The number of fused-ring (bicyclic) bond motifs is 5. The van der Waals surface area contributed by atoms with Crippen molar-refractivity contribution in [1.82, 2.24) is 0 Å². The first-order valence-electron chi connectivity index (χ1n) is 9.13. The summed E-state index contributed by atoms with van der Waals surface area (Å²) in [5, 5.41) is 10.7. The van der Waals surface area contributed by atoms with Gasteiger partial charge in [-0.05, 0) is 86.5 Å². The van der Waals surface area contributed by atoms with Crippen molar-refractivity contribution in [3.05, 3.63) is 11.8 Å². The molecule has 0 radical (unpaired) electrons. The molecule has 2 heteroatoms. The fraction of sp³-hybridized carbons (Fsp3) is 0.895. The van der Waals surface area contributed by atoms with Gasteiger partial charge in [-0.15, -0.1) is 0 Å². The van der Waals surface area contributed by atoms with Gasteiger partial charge in [0.25, 0.3) is 0 Å². The third-order valence-corrected chi connectivity index (χ3v) is 8.38. The van der Waals surface area contributed by atoms with E-state index in [2.05, 4.69) is 19.9 Å². The van der Waals surface area contributed by atoms with Crippen LogP contribution in [-0.2, 0) is 0 Å². The second kappa shape index (κ2) is 4.50. The normalized spacial score (nSPS) is 56.1. The van der Waals surface area contributed by atoms with Crippen molar-refractivity contribution in [3.63, 3.8) is 0 Å². The average molecular weight is 289 g/mol. The van der Waals surface area contributed by atoms with Crippen LogP contribution >= 0.6 is 0 Å². The van der Waals surface area contributed by atoms with Gasteiger partial charge in [0.2, 0.25) is 0 Å². The van der Waals surface area contributed by atoms with Gasteiger partial charge in [-0.2, -0.15) is 0 Å². The summed E-state index contributed by atoms with van der Waals surface area (Å²) >= 11 is 0. The minimum Gasteiger partial charge on any atom is -0.512 e. The summed E-state index contributed by atoms with van der Waals surface area (Å²) in [5.74, 6) is 3.73. The molecule has 1 unspecified atom stereocenters. The third kappa shape index (κ3) is 1.69. The average Bonchev–Trinajstić information content (AvgIpc) is 2.76. The molecule has 0 aromatic carbocycles. The summed E-state index contributed by atoms with van der Waals surface area (Å²) in [4.78, 5) is 0. The van der Waals surface area contributed by atoms with Crippen molar-refractivity contribution < 1.29 is 5.11 Å². The number of nitrogens with two attached hydrogens (primary N) is 1. The minimum absolute atomic E-state index is 0.0647. The predicted molar refractivity (Wildman–Crippen MR) is 85.8 cm³/mol. The highest BCUT2D eigenvalue weighted by Crippen LogP contribution is 2.66. The lowest BCUT2D eigenvalue weighted by Crippen LogP contribution is -2.54. The molecule has 21 heavy (non-hydrogen) atoms. The van der Waals surface area contributed by atoms with E-state index in [4.69, 9.17) is 5.73 Å². The van der Waals surface area contributed by atoms with E-state index in [9.17, 15) is 5.11 Å². The van der Waals surface area contributed by atoms with Gasteiger partial charge in [0.15, 0.2) is 0 Å². The summed E-state index contributed by atoms with van der Waals surface area (Å²) in [5.41, 5.74) is 6.91. The number of allylic oxidation sites excluding steroid dienone is 2. The van der Waals surface area contributed by atoms with Crippen LogP contribution in [-0.4, -0.2) is 11.1 Å². The van der Waals surface area contributed by atoms with Crippen LogP contribution in [0.2, 0.25) is 0 Å². The molecule has 0 heterocycles. The largest absolute Gasteiger partial charge is 0.512 e. The quantitative estimate of drug-likeness (QED) is 0.694. The molecule has 0 spiro atoms. The van der Waals surface area contributed by atoms with Crippen LogP contribution in [0.25, 0.3) is 0 Å². The first kappa shape index (κ1) is 14.1. The zero-order valence-corrected chi connectivity index (χ0v) is 13.6. The zero-order chi connectivity index (χ0) is 14.8. The van der Waals surface area contributed by atoms with Crippen LogP contribution in [0.3, 0.4) is 0 Å². The molecule has 4 rings (SSSR count).